The molecule has 9 nitrogen and oxygen atoms in total. The van der Waals surface area contributed by atoms with Gasteiger partial charge in [-0.1, -0.05) is 6.92 Å². The molecule has 0 amide bonds. The molecule has 1 atom stereocenters. The Hall–Kier alpha value is -1.97. The van der Waals surface area contributed by atoms with E-state index in [0.29, 0.717) is 30.2 Å². The normalized spacial score (nSPS) is 21.8. The number of rotatable bonds is 5. The van der Waals surface area contributed by atoms with Crippen LogP contribution in [0.1, 0.15) is 25.6 Å². The molecule has 9 heteroatoms. The number of morpholine rings is 1. The van der Waals surface area contributed by atoms with Crippen LogP contribution in [0.2, 0.25) is 0 Å². The lowest BCUT2D eigenvalue weighted by molar-refractivity contribution is 0.0363. The fourth-order valence-electron chi connectivity index (χ4n) is 4.55. The Balaban J connectivity index is 1.71. The second-order valence-electron chi connectivity index (χ2n) is 8.49. The number of imidazole rings is 1. The number of aromatic nitrogens is 4. The minimum absolute atomic E-state index is 0.268. The third kappa shape index (κ3) is 4.04. The summed E-state index contributed by atoms with van der Waals surface area (Å²) in [5.74, 6) is 1.55. The standard InChI is InChI=1S/C20H32N6O3/c1-15-5-4-6-25(13-15)14-16-21-18-17(19(27)23(3)20(28)22(18)2)26(16)8-7-24-9-11-29-12-10-24/h15H,4-14H2,1-3H3/t15-/m0/s1. The van der Waals surface area contributed by atoms with Crippen LogP contribution < -0.4 is 11.2 Å². The molecule has 0 N–H and O–H groups in total. The molecule has 0 saturated carbocycles. The van der Waals surface area contributed by atoms with E-state index in [-0.39, 0.29) is 11.2 Å². The molecule has 2 aliphatic heterocycles. The molecule has 2 aromatic rings. The molecule has 0 spiro atoms. The number of likely N-dealkylation sites (tertiary alicyclic amines) is 1. The number of fused-ring (bicyclic) bond motifs is 1. The molecule has 29 heavy (non-hydrogen) atoms. The molecule has 0 unspecified atom stereocenters. The van der Waals surface area contributed by atoms with Gasteiger partial charge in [0.25, 0.3) is 5.56 Å². The number of piperidine rings is 1. The summed E-state index contributed by atoms with van der Waals surface area (Å²) >= 11 is 0. The van der Waals surface area contributed by atoms with Gasteiger partial charge in [0, 0.05) is 46.8 Å². The molecule has 0 radical (unpaired) electrons. The molecule has 2 saturated heterocycles. The van der Waals surface area contributed by atoms with Crippen molar-refractivity contribution in [3.63, 3.8) is 0 Å². The SMILES string of the molecule is C[C@H]1CCCN(Cc2nc3c(c(=O)n(C)c(=O)n3C)n2CCN2CCOCC2)C1. The van der Waals surface area contributed by atoms with Crippen molar-refractivity contribution >= 4 is 11.2 Å². The van der Waals surface area contributed by atoms with Gasteiger partial charge in [-0.25, -0.2) is 9.78 Å². The highest BCUT2D eigenvalue weighted by atomic mass is 16.5. The zero-order chi connectivity index (χ0) is 20.5. The van der Waals surface area contributed by atoms with Crippen molar-refractivity contribution in [2.75, 3.05) is 45.9 Å². The van der Waals surface area contributed by atoms with Crippen LogP contribution in [0.15, 0.2) is 9.59 Å². The van der Waals surface area contributed by atoms with E-state index in [1.54, 1.807) is 7.05 Å². The Bertz CT molecular complexity index is 985. The van der Waals surface area contributed by atoms with E-state index in [1.165, 1.54) is 29.0 Å². The Morgan fingerprint density at radius 3 is 2.52 bits per heavy atom. The number of nitrogens with zero attached hydrogens (tertiary/aromatic N) is 6. The average molecular weight is 405 g/mol. The monoisotopic (exact) mass is 404 g/mol. The van der Waals surface area contributed by atoms with Crippen molar-refractivity contribution in [1.82, 2.24) is 28.5 Å². The van der Waals surface area contributed by atoms with E-state index in [1.807, 2.05) is 4.57 Å². The number of hydrogen-bond acceptors (Lipinski definition) is 6. The highest BCUT2D eigenvalue weighted by Gasteiger charge is 2.23. The van der Waals surface area contributed by atoms with Gasteiger partial charge in [-0.3, -0.25) is 23.7 Å². The summed E-state index contributed by atoms with van der Waals surface area (Å²) in [7, 11) is 3.23. The second-order valence-corrected chi connectivity index (χ2v) is 8.49. The van der Waals surface area contributed by atoms with Gasteiger partial charge in [-0.15, -0.1) is 0 Å². The molecular formula is C20H32N6O3. The van der Waals surface area contributed by atoms with Crippen LogP contribution in [0.5, 0.6) is 0 Å². The highest BCUT2D eigenvalue weighted by Crippen LogP contribution is 2.19. The number of hydrogen-bond donors (Lipinski definition) is 0. The quantitative estimate of drug-likeness (QED) is 0.698. The zero-order valence-corrected chi connectivity index (χ0v) is 17.8. The molecule has 0 bridgehead atoms. The maximum absolute atomic E-state index is 13.0. The van der Waals surface area contributed by atoms with Crippen molar-refractivity contribution in [1.29, 1.82) is 0 Å². The Morgan fingerprint density at radius 1 is 1.03 bits per heavy atom. The smallest absolute Gasteiger partial charge is 0.332 e. The fourth-order valence-corrected chi connectivity index (χ4v) is 4.55. The summed E-state index contributed by atoms with van der Waals surface area (Å²) in [6, 6.07) is 0. The second kappa shape index (κ2) is 8.41. The van der Waals surface area contributed by atoms with E-state index in [4.69, 9.17) is 9.72 Å². The number of ether oxygens (including phenoxy) is 1. The first kappa shape index (κ1) is 20.3. The third-order valence-corrected chi connectivity index (χ3v) is 6.28. The predicted octanol–water partition coefficient (Wildman–Crippen LogP) is -0.00220. The van der Waals surface area contributed by atoms with Gasteiger partial charge in [-0.05, 0) is 25.3 Å². The van der Waals surface area contributed by atoms with Crippen LogP contribution in [0.4, 0.5) is 0 Å². The van der Waals surface area contributed by atoms with Gasteiger partial charge in [0.2, 0.25) is 0 Å². The maximum Gasteiger partial charge on any atom is 0.332 e. The third-order valence-electron chi connectivity index (χ3n) is 6.28. The van der Waals surface area contributed by atoms with Crippen LogP contribution in [-0.2, 0) is 31.9 Å². The molecule has 0 aliphatic carbocycles. The van der Waals surface area contributed by atoms with Crippen LogP contribution >= 0.6 is 0 Å². The van der Waals surface area contributed by atoms with Gasteiger partial charge >= 0.3 is 5.69 Å². The van der Waals surface area contributed by atoms with Crippen molar-refractivity contribution in [2.24, 2.45) is 20.0 Å². The van der Waals surface area contributed by atoms with E-state index >= 15 is 0 Å². The van der Waals surface area contributed by atoms with Gasteiger partial charge in [0.15, 0.2) is 11.2 Å². The Morgan fingerprint density at radius 2 is 1.79 bits per heavy atom. The molecule has 2 aromatic heterocycles. The van der Waals surface area contributed by atoms with E-state index < -0.39 is 0 Å². The summed E-state index contributed by atoms with van der Waals surface area (Å²) in [5.41, 5.74) is 0.414. The molecule has 2 fully saturated rings. The summed E-state index contributed by atoms with van der Waals surface area (Å²) < 4.78 is 10.2. The number of aryl methyl sites for hydroxylation is 1. The minimum atomic E-state index is -0.335. The highest BCUT2D eigenvalue weighted by molar-refractivity contribution is 5.71. The molecular weight excluding hydrogens is 372 g/mol. The van der Waals surface area contributed by atoms with Crippen LogP contribution in [0.3, 0.4) is 0 Å². The fraction of sp³-hybridized carbons (Fsp3) is 0.750. The largest absolute Gasteiger partial charge is 0.379 e. The van der Waals surface area contributed by atoms with Crippen molar-refractivity contribution in [3.05, 3.63) is 26.7 Å². The van der Waals surface area contributed by atoms with Crippen LogP contribution in [-0.4, -0.2) is 74.4 Å². The predicted molar refractivity (Wildman–Crippen MR) is 111 cm³/mol. The molecule has 4 heterocycles. The van der Waals surface area contributed by atoms with E-state index in [9.17, 15) is 9.59 Å². The lowest BCUT2D eigenvalue weighted by Gasteiger charge is -2.31. The molecule has 0 aromatic carbocycles. The first-order valence-corrected chi connectivity index (χ1v) is 10.6. The van der Waals surface area contributed by atoms with Gasteiger partial charge < -0.3 is 9.30 Å². The molecule has 160 valence electrons. The summed E-state index contributed by atoms with van der Waals surface area (Å²) in [6.45, 7) is 9.92. The van der Waals surface area contributed by atoms with E-state index in [2.05, 4.69) is 16.7 Å². The van der Waals surface area contributed by atoms with Gasteiger partial charge in [0.1, 0.15) is 5.82 Å². The van der Waals surface area contributed by atoms with Crippen molar-refractivity contribution < 1.29 is 4.74 Å². The van der Waals surface area contributed by atoms with Crippen molar-refractivity contribution in [3.8, 4) is 0 Å². The summed E-state index contributed by atoms with van der Waals surface area (Å²) in [5, 5.41) is 0. The summed E-state index contributed by atoms with van der Waals surface area (Å²) in [6.07, 6.45) is 2.45. The Kier molecular flexibility index (Phi) is 5.89. The molecule has 2 aliphatic rings. The molecule has 4 rings (SSSR count). The zero-order valence-electron chi connectivity index (χ0n) is 17.8. The minimum Gasteiger partial charge on any atom is -0.379 e. The topological polar surface area (TPSA) is 77.5 Å². The lowest BCUT2D eigenvalue weighted by Crippen LogP contribution is -2.40. The Labute approximate surface area is 170 Å². The lowest BCUT2D eigenvalue weighted by atomic mass is 10.0. The van der Waals surface area contributed by atoms with Crippen LogP contribution in [0, 0.1) is 5.92 Å². The van der Waals surface area contributed by atoms with Crippen LogP contribution in [0.25, 0.3) is 11.2 Å². The first-order valence-electron chi connectivity index (χ1n) is 10.6. The average Bonchev–Trinajstić information content (AvgIpc) is 3.08. The van der Waals surface area contributed by atoms with Gasteiger partial charge in [0.05, 0.1) is 19.8 Å². The summed E-state index contributed by atoms with van der Waals surface area (Å²) in [4.78, 5) is 34.9. The maximum atomic E-state index is 13.0. The van der Waals surface area contributed by atoms with Crippen molar-refractivity contribution in [2.45, 2.75) is 32.9 Å². The van der Waals surface area contributed by atoms with E-state index in [0.717, 1.165) is 51.8 Å². The van der Waals surface area contributed by atoms with Gasteiger partial charge in [-0.2, -0.15) is 0 Å². The first-order chi connectivity index (χ1) is 14.0.